The first kappa shape index (κ1) is 18.5. The molecule has 0 saturated heterocycles. The molecule has 2 rings (SSSR count). The molecule has 0 fully saturated rings. The average Bonchev–Trinajstić information content (AvgIpc) is 2.90. The van der Waals surface area contributed by atoms with E-state index in [9.17, 15) is 4.79 Å². The lowest BCUT2D eigenvalue weighted by Gasteiger charge is -2.13. The van der Waals surface area contributed by atoms with Crippen molar-refractivity contribution in [2.24, 2.45) is 5.73 Å². The summed E-state index contributed by atoms with van der Waals surface area (Å²) in [7, 11) is 0. The quantitative estimate of drug-likeness (QED) is 0.877. The molecule has 1 amide bonds. The average molecular weight is 343 g/mol. The third-order valence-electron chi connectivity index (χ3n) is 3.10. The molecule has 1 aromatic carbocycles. The molecule has 0 bridgehead atoms. The number of hydrogen-bond donors (Lipinski definition) is 2. The van der Waals surface area contributed by atoms with Gasteiger partial charge in [-0.15, -0.1) is 12.4 Å². The van der Waals surface area contributed by atoms with Crippen LogP contribution < -0.4 is 11.1 Å². The smallest absolute Gasteiger partial charge is 0.254 e. The first-order valence-corrected chi connectivity index (χ1v) is 7.24. The summed E-state index contributed by atoms with van der Waals surface area (Å²) in [5, 5.41) is 7.79. The summed E-state index contributed by atoms with van der Waals surface area (Å²) in [6.07, 6.45) is 1.59. The SMILES string of the molecule is CC(C)c1c(C(=O)NCCN)cnn1-c1ccc(Cl)cc1.Cl. The maximum atomic E-state index is 12.2. The lowest BCUT2D eigenvalue weighted by atomic mass is 10.1. The van der Waals surface area contributed by atoms with E-state index in [4.69, 9.17) is 17.3 Å². The van der Waals surface area contributed by atoms with Gasteiger partial charge in [0.25, 0.3) is 5.91 Å². The third kappa shape index (κ3) is 4.00. The normalized spacial score (nSPS) is 10.4. The van der Waals surface area contributed by atoms with E-state index in [0.29, 0.717) is 23.7 Å². The van der Waals surface area contributed by atoms with Crippen LogP contribution in [0.25, 0.3) is 5.69 Å². The first-order chi connectivity index (χ1) is 10.0. The van der Waals surface area contributed by atoms with Gasteiger partial charge in [0.2, 0.25) is 0 Å². The van der Waals surface area contributed by atoms with E-state index < -0.39 is 0 Å². The molecule has 120 valence electrons. The van der Waals surface area contributed by atoms with Gasteiger partial charge in [-0.1, -0.05) is 25.4 Å². The molecule has 0 aliphatic rings. The Morgan fingerprint density at radius 3 is 2.55 bits per heavy atom. The van der Waals surface area contributed by atoms with Gasteiger partial charge in [-0.05, 0) is 30.2 Å². The van der Waals surface area contributed by atoms with E-state index in [-0.39, 0.29) is 24.2 Å². The number of carbonyl (C=O) groups excluding carboxylic acids is 1. The molecule has 0 aliphatic carbocycles. The number of nitrogens with zero attached hydrogens (tertiary/aromatic N) is 2. The second kappa shape index (κ2) is 8.17. The molecule has 3 N–H and O–H groups in total. The van der Waals surface area contributed by atoms with Crippen LogP contribution in [-0.4, -0.2) is 28.8 Å². The Labute approximate surface area is 141 Å². The Hall–Kier alpha value is -1.56. The predicted octanol–water partition coefficient (Wildman–Crippen LogP) is 2.76. The van der Waals surface area contributed by atoms with Crippen LogP contribution in [0.3, 0.4) is 0 Å². The Bertz CT molecular complexity index is 623. The number of nitrogens with one attached hydrogen (secondary N) is 1. The summed E-state index contributed by atoms with van der Waals surface area (Å²) >= 11 is 5.91. The van der Waals surface area contributed by atoms with Gasteiger partial charge in [0.05, 0.1) is 23.1 Å². The number of hydrogen-bond acceptors (Lipinski definition) is 3. The number of amides is 1. The van der Waals surface area contributed by atoms with Crippen molar-refractivity contribution < 1.29 is 4.79 Å². The Morgan fingerprint density at radius 2 is 2.00 bits per heavy atom. The van der Waals surface area contributed by atoms with Crippen LogP contribution in [0, 0.1) is 0 Å². The Morgan fingerprint density at radius 1 is 1.36 bits per heavy atom. The van der Waals surface area contributed by atoms with Crippen LogP contribution in [-0.2, 0) is 0 Å². The lowest BCUT2D eigenvalue weighted by Crippen LogP contribution is -2.29. The molecule has 0 radical (unpaired) electrons. The summed E-state index contributed by atoms with van der Waals surface area (Å²) in [6, 6.07) is 7.36. The van der Waals surface area contributed by atoms with Crippen molar-refractivity contribution in [3.63, 3.8) is 0 Å². The molecule has 0 spiro atoms. The molecule has 2 aromatic rings. The second-order valence-electron chi connectivity index (χ2n) is 5.03. The van der Waals surface area contributed by atoms with Crippen LogP contribution in [0.1, 0.15) is 35.8 Å². The van der Waals surface area contributed by atoms with Crippen molar-refractivity contribution in [1.29, 1.82) is 0 Å². The van der Waals surface area contributed by atoms with Crippen molar-refractivity contribution in [3.05, 3.63) is 46.7 Å². The molecule has 0 saturated carbocycles. The van der Waals surface area contributed by atoms with E-state index in [1.165, 1.54) is 0 Å². The summed E-state index contributed by atoms with van der Waals surface area (Å²) in [5.41, 5.74) is 7.74. The van der Waals surface area contributed by atoms with E-state index >= 15 is 0 Å². The highest BCUT2D eigenvalue weighted by Gasteiger charge is 2.20. The molecular weight excluding hydrogens is 323 g/mol. The minimum absolute atomic E-state index is 0. The monoisotopic (exact) mass is 342 g/mol. The highest BCUT2D eigenvalue weighted by molar-refractivity contribution is 6.30. The van der Waals surface area contributed by atoms with Gasteiger partial charge in [-0.2, -0.15) is 5.10 Å². The van der Waals surface area contributed by atoms with Crippen molar-refractivity contribution in [1.82, 2.24) is 15.1 Å². The van der Waals surface area contributed by atoms with Crippen molar-refractivity contribution in [2.45, 2.75) is 19.8 Å². The van der Waals surface area contributed by atoms with Gasteiger partial charge in [-0.3, -0.25) is 4.79 Å². The van der Waals surface area contributed by atoms with Crippen molar-refractivity contribution >= 4 is 29.9 Å². The van der Waals surface area contributed by atoms with E-state index in [0.717, 1.165) is 11.4 Å². The van der Waals surface area contributed by atoms with Gasteiger partial charge in [0.15, 0.2) is 0 Å². The van der Waals surface area contributed by atoms with Crippen LogP contribution >= 0.6 is 24.0 Å². The van der Waals surface area contributed by atoms with Gasteiger partial charge in [0, 0.05) is 18.1 Å². The van der Waals surface area contributed by atoms with Crippen molar-refractivity contribution in [3.8, 4) is 5.69 Å². The molecule has 1 aromatic heterocycles. The number of nitrogens with two attached hydrogens (primary N) is 1. The number of rotatable bonds is 5. The Balaban J connectivity index is 0.00000242. The minimum Gasteiger partial charge on any atom is -0.351 e. The molecule has 1 heterocycles. The van der Waals surface area contributed by atoms with Gasteiger partial charge >= 0.3 is 0 Å². The van der Waals surface area contributed by atoms with Gasteiger partial charge < -0.3 is 11.1 Å². The zero-order valence-electron chi connectivity index (χ0n) is 12.5. The summed E-state index contributed by atoms with van der Waals surface area (Å²) in [4.78, 5) is 12.2. The fourth-order valence-electron chi connectivity index (χ4n) is 2.16. The minimum atomic E-state index is -0.149. The molecule has 22 heavy (non-hydrogen) atoms. The molecule has 7 heteroatoms. The third-order valence-corrected chi connectivity index (χ3v) is 3.35. The predicted molar refractivity (Wildman–Crippen MR) is 91.3 cm³/mol. The van der Waals surface area contributed by atoms with Crippen LogP contribution in [0.15, 0.2) is 30.5 Å². The maximum Gasteiger partial charge on any atom is 0.254 e. The van der Waals surface area contributed by atoms with Crippen LogP contribution in [0.4, 0.5) is 0 Å². The fraction of sp³-hybridized carbons (Fsp3) is 0.333. The van der Waals surface area contributed by atoms with E-state index in [2.05, 4.69) is 10.4 Å². The van der Waals surface area contributed by atoms with E-state index in [1.807, 2.05) is 26.0 Å². The molecular formula is C15H20Cl2N4O. The first-order valence-electron chi connectivity index (χ1n) is 6.86. The van der Waals surface area contributed by atoms with Crippen LogP contribution in [0.2, 0.25) is 5.02 Å². The fourth-order valence-corrected chi connectivity index (χ4v) is 2.28. The number of carbonyl (C=O) groups is 1. The molecule has 0 atom stereocenters. The standard InChI is InChI=1S/C15H19ClN4O.ClH/c1-10(2)14-13(15(21)18-8-7-17)9-19-20(14)12-5-3-11(16)4-6-12;/h3-6,9-10H,7-8,17H2,1-2H3,(H,18,21);1H. The Kier molecular flexibility index (Phi) is 6.87. The highest BCUT2D eigenvalue weighted by atomic mass is 35.5. The largest absolute Gasteiger partial charge is 0.351 e. The van der Waals surface area contributed by atoms with E-state index in [1.54, 1.807) is 23.0 Å². The summed E-state index contributed by atoms with van der Waals surface area (Å²) in [5.74, 6) is 0.00571. The van der Waals surface area contributed by atoms with Crippen molar-refractivity contribution in [2.75, 3.05) is 13.1 Å². The molecule has 0 unspecified atom stereocenters. The van der Waals surface area contributed by atoms with Crippen LogP contribution in [0.5, 0.6) is 0 Å². The zero-order chi connectivity index (χ0) is 15.4. The highest BCUT2D eigenvalue weighted by Crippen LogP contribution is 2.23. The number of benzene rings is 1. The summed E-state index contributed by atoms with van der Waals surface area (Å²) in [6.45, 7) is 4.92. The number of aromatic nitrogens is 2. The van der Waals surface area contributed by atoms with Gasteiger partial charge in [-0.25, -0.2) is 4.68 Å². The second-order valence-corrected chi connectivity index (χ2v) is 5.47. The number of halogens is 2. The maximum absolute atomic E-state index is 12.2. The lowest BCUT2D eigenvalue weighted by molar-refractivity contribution is 0.0953. The molecule has 0 aliphatic heterocycles. The summed E-state index contributed by atoms with van der Waals surface area (Å²) < 4.78 is 1.78. The topological polar surface area (TPSA) is 72.9 Å². The molecule has 5 nitrogen and oxygen atoms in total. The van der Waals surface area contributed by atoms with Gasteiger partial charge in [0.1, 0.15) is 0 Å². The zero-order valence-corrected chi connectivity index (χ0v) is 14.1.